The summed E-state index contributed by atoms with van der Waals surface area (Å²) in [6.45, 7) is 0.109. The summed E-state index contributed by atoms with van der Waals surface area (Å²) in [6, 6.07) is 17.4. The van der Waals surface area contributed by atoms with Gasteiger partial charge in [0, 0.05) is 15.8 Å². The second-order valence-corrected chi connectivity index (χ2v) is 8.07. The number of aromatic nitrogens is 1. The molecule has 4 rings (SSSR count). The Morgan fingerprint density at radius 3 is 2.74 bits per heavy atom. The quantitative estimate of drug-likeness (QED) is 0.649. The van der Waals surface area contributed by atoms with E-state index in [-0.39, 0.29) is 18.9 Å². The van der Waals surface area contributed by atoms with E-state index >= 15 is 0 Å². The molecule has 1 aromatic heterocycles. The fourth-order valence-electron chi connectivity index (χ4n) is 2.68. The van der Waals surface area contributed by atoms with Gasteiger partial charge in [-0.2, -0.15) is 0 Å². The summed E-state index contributed by atoms with van der Waals surface area (Å²) in [5.41, 5.74) is 2.53. The number of amides is 1. The van der Waals surface area contributed by atoms with Crippen LogP contribution in [0.2, 0.25) is 0 Å². The number of carbonyl (C=O) groups is 2. The summed E-state index contributed by atoms with van der Waals surface area (Å²) in [5.74, 6) is -0.577. The van der Waals surface area contributed by atoms with E-state index in [1.54, 1.807) is 0 Å². The van der Waals surface area contributed by atoms with E-state index < -0.39 is 11.2 Å². The average Bonchev–Trinajstić information content (AvgIpc) is 3.17. The van der Waals surface area contributed by atoms with Gasteiger partial charge >= 0.3 is 5.97 Å². The van der Waals surface area contributed by atoms with E-state index in [2.05, 4.69) is 10.3 Å². The molecule has 1 unspecified atom stereocenters. The lowest BCUT2D eigenvalue weighted by Gasteiger charge is -2.23. The van der Waals surface area contributed by atoms with Gasteiger partial charge in [-0.3, -0.25) is 9.59 Å². The van der Waals surface area contributed by atoms with E-state index in [1.807, 2.05) is 60.0 Å². The second-order valence-electron chi connectivity index (χ2n) is 5.97. The first-order chi connectivity index (χ1) is 13.2. The molecule has 27 heavy (non-hydrogen) atoms. The van der Waals surface area contributed by atoms with Crippen molar-refractivity contribution >= 4 is 40.7 Å². The van der Waals surface area contributed by atoms with Crippen LogP contribution in [-0.4, -0.2) is 22.1 Å². The lowest BCUT2D eigenvalue weighted by molar-refractivity contribution is -0.145. The predicted octanol–water partition coefficient (Wildman–Crippen LogP) is 4.36. The van der Waals surface area contributed by atoms with E-state index in [4.69, 9.17) is 4.74 Å². The molecular formula is C20H16N2O3S2. The van der Waals surface area contributed by atoms with E-state index in [0.29, 0.717) is 5.69 Å². The van der Waals surface area contributed by atoms with Gasteiger partial charge in [0.2, 0.25) is 5.91 Å². The van der Waals surface area contributed by atoms with Crippen LogP contribution in [0.25, 0.3) is 10.6 Å². The number of thioether (sulfide) groups is 1. The Labute approximate surface area is 164 Å². The van der Waals surface area contributed by atoms with Gasteiger partial charge in [0.25, 0.3) is 0 Å². The van der Waals surface area contributed by atoms with Crippen LogP contribution in [0.4, 0.5) is 5.69 Å². The minimum atomic E-state index is -0.484. The maximum absolute atomic E-state index is 12.2. The zero-order chi connectivity index (χ0) is 18.6. The van der Waals surface area contributed by atoms with Gasteiger partial charge in [-0.25, -0.2) is 4.98 Å². The van der Waals surface area contributed by atoms with Crippen LogP contribution in [0.15, 0.2) is 64.9 Å². The number of nitrogens with zero attached hydrogens (tertiary/aromatic N) is 1. The fourth-order valence-corrected chi connectivity index (χ4v) is 4.58. The summed E-state index contributed by atoms with van der Waals surface area (Å²) in [4.78, 5) is 29.8. The predicted molar refractivity (Wildman–Crippen MR) is 107 cm³/mol. The second kappa shape index (κ2) is 7.94. The molecular weight excluding hydrogens is 380 g/mol. The Kier molecular flexibility index (Phi) is 5.22. The number of esters is 1. The molecule has 2 aromatic carbocycles. The standard InChI is InChI=1S/C20H16N2O3S2/c23-18(10-17-19(24)22-15-8-4-5-9-16(15)27-17)25-11-14-12-26-20(21-14)13-6-2-1-3-7-13/h1-9,12,17H,10-11H2,(H,22,24). The molecule has 0 saturated heterocycles. The van der Waals surface area contributed by atoms with Crippen LogP contribution < -0.4 is 5.32 Å². The van der Waals surface area contributed by atoms with E-state index in [9.17, 15) is 9.59 Å². The Bertz CT molecular complexity index is 972. The molecule has 0 fully saturated rings. The van der Waals surface area contributed by atoms with Crippen LogP contribution in [0.5, 0.6) is 0 Å². The van der Waals surface area contributed by atoms with Crippen molar-refractivity contribution in [1.29, 1.82) is 0 Å². The topological polar surface area (TPSA) is 68.3 Å². The lowest BCUT2D eigenvalue weighted by Crippen LogP contribution is -2.31. The highest BCUT2D eigenvalue weighted by Gasteiger charge is 2.29. The Hall–Kier alpha value is -2.64. The molecule has 1 aliphatic heterocycles. The number of hydrogen-bond acceptors (Lipinski definition) is 6. The number of rotatable bonds is 5. The third-order valence-electron chi connectivity index (χ3n) is 4.01. The first-order valence-electron chi connectivity index (χ1n) is 8.41. The van der Waals surface area contributed by atoms with E-state index in [1.165, 1.54) is 23.1 Å². The summed E-state index contributed by atoms with van der Waals surface area (Å²) in [6.07, 6.45) is 0.0283. The molecule has 1 aliphatic rings. The summed E-state index contributed by atoms with van der Waals surface area (Å²) >= 11 is 2.90. The SMILES string of the molecule is O=C(CC1Sc2ccccc2NC1=O)OCc1csc(-c2ccccc2)n1. The Morgan fingerprint density at radius 2 is 1.89 bits per heavy atom. The summed E-state index contributed by atoms with van der Waals surface area (Å²) < 4.78 is 5.33. The van der Waals surface area contributed by atoms with Gasteiger partial charge in [0.15, 0.2) is 0 Å². The number of thiazole rings is 1. The molecule has 0 saturated carbocycles. The number of anilines is 1. The monoisotopic (exact) mass is 396 g/mol. The highest BCUT2D eigenvalue weighted by Crippen LogP contribution is 2.36. The molecule has 0 spiro atoms. The summed E-state index contributed by atoms with van der Waals surface area (Å²) in [5, 5.41) is 5.12. The normalized spacial score (nSPS) is 15.7. The van der Waals surface area contributed by atoms with Crippen molar-refractivity contribution in [3.8, 4) is 10.6 Å². The highest BCUT2D eigenvalue weighted by atomic mass is 32.2. The molecule has 7 heteroatoms. The van der Waals surface area contributed by atoms with Crippen molar-refractivity contribution in [3.63, 3.8) is 0 Å². The molecule has 1 N–H and O–H groups in total. The maximum atomic E-state index is 12.2. The number of fused-ring (bicyclic) bond motifs is 1. The van der Waals surface area contributed by atoms with Crippen molar-refractivity contribution in [2.45, 2.75) is 23.2 Å². The van der Waals surface area contributed by atoms with Crippen molar-refractivity contribution in [2.75, 3.05) is 5.32 Å². The molecule has 0 radical (unpaired) electrons. The van der Waals surface area contributed by atoms with Crippen molar-refractivity contribution in [2.24, 2.45) is 0 Å². The van der Waals surface area contributed by atoms with Gasteiger partial charge in [-0.15, -0.1) is 23.1 Å². The summed E-state index contributed by atoms with van der Waals surface area (Å²) in [7, 11) is 0. The largest absolute Gasteiger partial charge is 0.459 e. The van der Waals surface area contributed by atoms with Gasteiger partial charge < -0.3 is 10.1 Å². The van der Waals surface area contributed by atoms with Gasteiger partial charge in [0.05, 0.1) is 23.1 Å². The number of benzene rings is 2. The molecule has 0 bridgehead atoms. The van der Waals surface area contributed by atoms with Gasteiger partial charge in [0.1, 0.15) is 11.6 Å². The van der Waals surface area contributed by atoms with Crippen LogP contribution in [0.3, 0.4) is 0 Å². The number of nitrogens with one attached hydrogen (secondary N) is 1. The highest BCUT2D eigenvalue weighted by molar-refractivity contribution is 8.01. The molecule has 1 amide bonds. The van der Waals surface area contributed by atoms with Crippen LogP contribution in [0.1, 0.15) is 12.1 Å². The molecule has 5 nitrogen and oxygen atoms in total. The number of hydrogen-bond donors (Lipinski definition) is 1. The Balaban J connectivity index is 1.33. The van der Waals surface area contributed by atoms with Crippen molar-refractivity contribution in [3.05, 3.63) is 65.7 Å². The smallest absolute Gasteiger partial charge is 0.307 e. The fraction of sp³-hybridized carbons (Fsp3) is 0.150. The molecule has 2 heterocycles. The zero-order valence-electron chi connectivity index (χ0n) is 14.3. The maximum Gasteiger partial charge on any atom is 0.307 e. The number of carbonyl (C=O) groups excluding carboxylic acids is 2. The average molecular weight is 396 g/mol. The molecule has 3 aromatic rings. The number of para-hydroxylation sites is 1. The first kappa shape index (κ1) is 17.8. The minimum Gasteiger partial charge on any atom is -0.459 e. The third-order valence-corrected chi connectivity index (χ3v) is 6.23. The first-order valence-corrected chi connectivity index (χ1v) is 10.2. The molecule has 0 aliphatic carbocycles. The van der Waals surface area contributed by atoms with Crippen LogP contribution >= 0.6 is 23.1 Å². The van der Waals surface area contributed by atoms with Crippen molar-refractivity contribution < 1.29 is 14.3 Å². The molecule has 1 atom stereocenters. The Morgan fingerprint density at radius 1 is 1.11 bits per heavy atom. The van der Waals surface area contributed by atoms with Gasteiger partial charge in [-0.05, 0) is 12.1 Å². The zero-order valence-corrected chi connectivity index (χ0v) is 15.9. The van der Waals surface area contributed by atoms with Crippen molar-refractivity contribution in [1.82, 2.24) is 4.98 Å². The minimum absolute atomic E-state index is 0.0283. The number of ether oxygens (including phenoxy) is 1. The van der Waals surface area contributed by atoms with Crippen LogP contribution in [-0.2, 0) is 20.9 Å². The van der Waals surface area contributed by atoms with Gasteiger partial charge in [-0.1, -0.05) is 42.5 Å². The van der Waals surface area contributed by atoms with E-state index in [0.717, 1.165) is 21.2 Å². The molecule has 136 valence electrons. The lowest BCUT2D eigenvalue weighted by atomic mass is 10.2. The van der Waals surface area contributed by atoms with Crippen LogP contribution in [0, 0.1) is 0 Å². The third kappa shape index (κ3) is 4.20.